The zero-order valence-corrected chi connectivity index (χ0v) is 10.2. The van der Waals surface area contributed by atoms with Crippen LogP contribution in [0.15, 0.2) is 24.5 Å². The highest BCUT2D eigenvalue weighted by atomic mass is 15.3. The van der Waals surface area contributed by atoms with E-state index >= 15 is 0 Å². The maximum atomic E-state index is 4.65. The summed E-state index contributed by atoms with van der Waals surface area (Å²) in [7, 11) is 0. The van der Waals surface area contributed by atoms with Crippen molar-refractivity contribution >= 4 is 11.5 Å². The van der Waals surface area contributed by atoms with Gasteiger partial charge in [0.1, 0.15) is 5.82 Å². The smallest absolute Gasteiger partial charge is 0.157 e. The summed E-state index contributed by atoms with van der Waals surface area (Å²) in [5.41, 5.74) is 1.00. The van der Waals surface area contributed by atoms with Crippen LogP contribution < -0.4 is 10.2 Å². The number of aromatic nitrogens is 3. The minimum absolute atomic E-state index is 0.101. The number of fused-ring (bicyclic) bond motifs is 1. The van der Waals surface area contributed by atoms with Gasteiger partial charge >= 0.3 is 0 Å². The maximum Gasteiger partial charge on any atom is 0.157 e. The molecule has 5 heteroatoms. The van der Waals surface area contributed by atoms with Gasteiger partial charge < -0.3 is 10.2 Å². The Morgan fingerprint density at radius 2 is 2.24 bits per heavy atom. The highest BCUT2D eigenvalue weighted by molar-refractivity contribution is 5.49. The molecule has 0 aliphatic carbocycles. The monoisotopic (exact) mass is 231 g/mol. The van der Waals surface area contributed by atoms with Crippen LogP contribution in [0.1, 0.15) is 13.8 Å². The zero-order valence-electron chi connectivity index (χ0n) is 10.2. The van der Waals surface area contributed by atoms with Crippen LogP contribution in [-0.2, 0) is 0 Å². The Balaban J connectivity index is 2.01. The van der Waals surface area contributed by atoms with Crippen molar-refractivity contribution in [3.8, 4) is 0 Å². The number of hydrogen-bond acceptors (Lipinski definition) is 4. The van der Waals surface area contributed by atoms with Crippen LogP contribution in [0.2, 0.25) is 0 Å². The van der Waals surface area contributed by atoms with Gasteiger partial charge in [-0.15, -0.1) is 0 Å². The summed E-state index contributed by atoms with van der Waals surface area (Å²) in [6, 6.07) is 3.96. The van der Waals surface area contributed by atoms with Crippen LogP contribution in [0.4, 0.5) is 5.82 Å². The maximum absolute atomic E-state index is 4.65. The van der Waals surface area contributed by atoms with Crippen molar-refractivity contribution in [2.45, 2.75) is 19.4 Å². The SMILES string of the molecule is CC1(C)CNCCN1c1ccn2nccc2n1. The van der Waals surface area contributed by atoms with E-state index in [0.29, 0.717) is 0 Å². The standard InChI is InChI=1S/C12H17N5/c1-12(2)9-13-6-8-16(12)10-4-7-17-11(15-10)3-5-14-17/h3-5,7,13H,6,8-9H2,1-2H3. The van der Waals surface area contributed by atoms with Gasteiger partial charge in [-0.05, 0) is 19.9 Å². The third-order valence-corrected chi connectivity index (χ3v) is 3.32. The lowest BCUT2D eigenvalue weighted by Gasteiger charge is -2.43. The zero-order chi connectivity index (χ0) is 11.9. The van der Waals surface area contributed by atoms with Gasteiger partial charge in [0.15, 0.2) is 5.65 Å². The lowest BCUT2D eigenvalue weighted by atomic mass is 10.0. The van der Waals surface area contributed by atoms with Crippen LogP contribution in [0.25, 0.3) is 5.65 Å². The molecule has 3 rings (SSSR count). The summed E-state index contributed by atoms with van der Waals surface area (Å²) in [5.74, 6) is 1.03. The topological polar surface area (TPSA) is 45.5 Å². The Kier molecular flexibility index (Phi) is 2.29. The van der Waals surface area contributed by atoms with Crippen LogP contribution >= 0.6 is 0 Å². The Labute approximate surface area is 100 Å². The fraction of sp³-hybridized carbons (Fsp3) is 0.500. The predicted octanol–water partition coefficient (Wildman–Crippen LogP) is 0.917. The average Bonchev–Trinajstić information content (AvgIpc) is 2.75. The van der Waals surface area contributed by atoms with Crippen molar-refractivity contribution in [3.05, 3.63) is 24.5 Å². The van der Waals surface area contributed by atoms with Crippen LogP contribution in [0.5, 0.6) is 0 Å². The van der Waals surface area contributed by atoms with E-state index in [1.54, 1.807) is 10.7 Å². The average molecular weight is 231 g/mol. The van der Waals surface area contributed by atoms with E-state index in [0.717, 1.165) is 31.1 Å². The molecule has 17 heavy (non-hydrogen) atoms. The lowest BCUT2D eigenvalue weighted by Crippen LogP contribution is -2.58. The molecule has 0 amide bonds. The van der Waals surface area contributed by atoms with Crippen molar-refractivity contribution in [1.82, 2.24) is 19.9 Å². The molecular formula is C12H17N5. The van der Waals surface area contributed by atoms with Crippen molar-refractivity contribution in [3.63, 3.8) is 0 Å². The normalized spacial score (nSPS) is 19.8. The van der Waals surface area contributed by atoms with Gasteiger partial charge in [0.25, 0.3) is 0 Å². The van der Waals surface area contributed by atoms with Gasteiger partial charge in [0, 0.05) is 37.4 Å². The van der Waals surface area contributed by atoms with E-state index in [-0.39, 0.29) is 5.54 Å². The minimum Gasteiger partial charge on any atom is -0.349 e. The minimum atomic E-state index is 0.101. The molecule has 1 N–H and O–H groups in total. The number of nitrogens with one attached hydrogen (secondary N) is 1. The molecule has 90 valence electrons. The first-order valence-electron chi connectivity index (χ1n) is 5.96. The largest absolute Gasteiger partial charge is 0.349 e. The summed E-state index contributed by atoms with van der Waals surface area (Å²) >= 11 is 0. The van der Waals surface area contributed by atoms with Gasteiger partial charge in [0.2, 0.25) is 0 Å². The van der Waals surface area contributed by atoms with Gasteiger partial charge in [-0.3, -0.25) is 0 Å². The molecule has 0 spiro atoms. The Morgan fingerprint density at radius 3 is 3.06 bits per heavy atom. The first-order chi connectivity index (χ1) is 8.17. The third kappa shape index (κ3) is 1.76. The number of hydrogen-bond donors (Lipinski definition) is 1. The second kappa shape index (κ2) is 3.70. The molecule has 0 unspecified atom stereocenters. The fourth-order valence-electron chi connectivity index (χ4n) is 2.36. The number of nitrogens with zero attached hydrogens (tertiary/aromatic N) is 4. The quantitative estimate of drug-likeness (QED) is 0.792. The van der Waals surface area contributed by atoms with Gasteiger partial charge in [0.05, 0.1) is 6.20 Å². The molecule has 0 atom stereocenters. The molecule has 2 aromatic rings. The van der Waals surface area contributed by atoms with E-state index in [1.165, 1.54) is 0 Å². The van der Waals surface area contributed by atoms with Gasteiger partial charge in [-0.25, -0.2) is 9.50 Å². The van der Waals surface area contributed by atoms with Crippen molar-refractivity contribution in [2.24, 2.45) is 0 Å². The number of anilines is 1. The molecule has 0 saturated carbocycles. The first-order valence-corrected chi connectivity index (χ1v) is 5.96. The van der Waals surface area contributed by atoms with Gasteiger partial charge in [-0.1, -0.05) is 0 Å². The van der Waals surface area contributed by atoms with Crippen molar-refractivity contribution in [1.29, 1.82) is 0 Å². The van der Waals surface area contributed by atoms with E-state index in [9.17, 15) is 0 Å². The summed E-state index contributed by atoms with van der Waals surface area (Å²) in [6.07, 6.45) is 3.74. The number of rotatable bonds is 1. The highest BCUT2D eigenvalue weighted by Gasteiger charge is 2.30. The summed E-state index contributed by atoms with van der Waals surface area (Å²) in [6.45, 7) is 7.46. The molecule has 3 heterocycles. The predicted molar refractivity (Wildman–Crippen MR) is 67.3 cm³/mol. The fourth-order valence-corrected chi connectivity index (χ4v) is 2.36. The Morgan fingerprint density at radius 1 is 1.35 bits per heavy atom. The molecule has 1 fully saturated rings. The third-order valence-electron chi connectivity index (χ3n) is 3.32. The second-order valence-corrected chi connectivity index (χ2v) is 5.06. The van der Waals surface area contributed by atoms with E-state index in [4.69, 9.17) is 0 Å². The molecular weight excluding hydrogens is 214 g/mol. The molecule has 0 bridgehead atoms. The Bertz CT molecular complexity index is 530. The number of piperazine rings is 1. The van der Waals surface area contributed by atoms with Crippen LogP contribution in [0, 0.1) is 0 Å². The first kappa shape index (κ1) is 10.5. The summed E-state index contributed by atoms with van der Waals surface area (Å²) in [4.78, 5) is 7.01. The summed E-state index contributed by atoms with van der Waals surface area (Å²) < 4.78 is 1.79. The van der Waals surface area contributed by atoms with E-state index < -0.39 is 0 Å². The van der Waals surface area contributed by atoms with Gasteiger partial charge in [-0.2, -0.15) is 5.10 Å². The molecule has 5 nitrogen and oxygen atoms in total. The lowest BCUT2D eigenvalue weighted by molar-refractivity contribution is 0.378. The highest BCUT2D eigenvalue weighted by Crippen LogP contribution is 2.23. The van der Waals surface area contributed by atoms with Crippen LogP contribution in [0.3, 0.4) is 0 Å². The van der Waals surface area contributed by atoms with Crippen molar-refractivity contribution < 1.29 is 0 Å². The molecule has 2 aromatic heterocycles. The van der Waals surface area contributed by atoms with E-state index in [1.807, 2.05) is 18.3 Å². The molecule has 1 saturated heterocycles. The van der Waals surface area contributed by atoms with Crippen molar-refractivity contribution in [2.75, 3.05) is 24.5 Å². The second-order valence-electron chi connectivity index (χ2n) is 5.06. The molecule has 0 radical (unpaired) electrons. The molecule has 1 aliphatic rings. The summed E-state index contributed by atoms with van der Waals surface area (Å²) in [5, 5.41) is 7.58. The Hall–Kier alpha value is -1.62. The van der Waals surface area contributed by atoms with Crippen LogP contribution in [-0.4, -0.2) is 39.8 Å². The molecule has 0 aromatic carbocycles. The molecule has 1 aliphatic heterocycles. The van der Waals surface area contributed by atoms with E-state index in [2.05, 4.69) is 34.1 Å².